The van der Waals surface area contributed by atoms with Gasteiger partial charge in [-0.1, -0.05) is 44.2 Å². The first-order valence-corrected chi connectivity index (χ1v) is 7.99. The molecule has 1 aliphatic rings. The predicted molar refractivity (Wildman–Crippen MR) is 87.4 cm³/mol. The number of hydrogen-bond acceptors (Lipinski definition) is 4. The molecule has 1 aliphatic heterocycles. The maximum Gasteiger partial charge on any atom is 0.241 e. The van der Waals surface area contributed by atoms with Crippen LogP contribution in [0.3, 0.4) is 0 Å². The summed E-state index contributed by atoms with van der Waals surface area (Å²) in [5, 5.41) is 3.01. The van der Waals surface area contributed by atoms with Crippen LogP contribution < -0.4 is 11.1 Å². The van der Waals surface area contributed by atoms with Crippen LogP contribution in [0.1, 0.15) is 25.5 Å². The number of rotatable bonds is 6. The molecule has 122 valence electrons. The van der Waals surface area contributed by atoms with Crippen molar-refractivity contribution in [1.29, 1.82) is 0 Å². The smallest absolute Gasteiger partial charge is 0.241 e. The van der Waals surface area contributed by atoms with Gasteiger partial charge in [-0.3, -0.25) is 9.69 Å². The number of carbonyl (C=O) groups is 1. The van der Waals surface area contributed by atoms with Crippen LogP contribution in [0.2, 0.25) is 0 Å². The zero-order valence-corrected chi connectivity index (χ0v) is 13.5. The standard InChI is InChI=1S/C17H27N3O2/c1-13(2)15(20-8-10-22-11-9-20)12-19-17(21)16(18)14-6-4-3-5-7-14/h3-7,13,15-16H,8-12,18H2,1-2H3,(H,19,21). The molecule has 0 bridgehead atoms. The van der Waals surface area contributed by atoms with Crippen molar-refractivity contribution in [3.8, 4) is 0 Å². The lowest BCUT2D eigenvalue weighted by molar-refractivity contribution is -0.122. The molecule has 2 rings (SSSR count). The fourth-order valence-corrected chi connectivity index (χ4v) is 2.82. The van der Waals surface area contributed by atoms with E-state index in [4.69, 9.17) is 10.5 Å². The summed E-state index contributed by atoms with van der Waals surface area (Å²) in [6, 6.07) is 9.18. The van der Waals surface area contributed by atoms with Crippen molar-refractivity contribution in [2.75, 3.05) is 32.8 Å². The molecule has 0 aromatic heterocycles. The second kappa shape index (κ2) is 8.27. The summed E-state index contributed by atoms with van der Waals surface area (Å²) in [7, 11) is 0. The van der Waals surface area contributed by atoms with E-state index in [2.05, 4.69) is 24.1 Å². The van der Waals surface area contributed by atoms with Crippen LogP contribution in [-0.2, 0) is 9.53 Å². The largest absolute Gasteiger partial charge is 0.379 e. The molecule has 1 amide bonds. The summed E-state index contributed by atoms with van der Waals surface area (Å²) in [4.78, 5) is 14.7. The molecular weight excluding hydrogens is 278 g/mol. The van der Waals surface area contributed by atoms with Gasteiger partial charge in [-0.2, -0.15) is 0 Å². The molecule has 1 fully saturated rings. The molecule has 22 heavy (non-hydrogen) atoms. The molecule has 1 aromatic carbocycles. The van der Waals surface area contributed by atoms with Gasteiger partial charge in [0.05, 0.1) is 13.2 Å². The molecule has 0 aliphatic carbocycles. The number of benzene rings is 1. The van der Waals surface area contributed by atoms with E-state index in [1.165, 1.54) is 0 Å². The molecule has 5 heteroatoms. The van der Waals surface area contributed by atoms with E-state index in [9.17, 15) is 4.79 Å². The van der Waals surface area contributed by atoms with Gasteiger partial charge in [0, 0.05) is 25.7 Å². The highest BCUT2D eigenvalue weighted by Crippen LogP contribution is 2.13. The van der Waals surface area contributed by atoms with Crippen LogP contribution in [0.5, 0.6) is 0 Å². The third kappa shape index (κ3) is 4.53. The van der Waals surface area contributed by atoms with E-state index in [-0.39, 0.29) is 5.91 Å². The number of nitrogens with two attached hydrogens (primary N) is 1. The molecule has 2 atom stereocenters. The third-order valence-electron chi connectivity index (χ3n) is 4.21. The number of hydrogen-bond donors (Lipinski definition) is 2. The van der Waals surface area contributed by atoms with Crippen molar-refractivity contribution in [2.45, 2.75) is 25.9 Å². The number of morpholine rings is 1. The molecule has 1 saturated heterocycles. The maximum atomic E-state index is 12.3. The molecule has 3 N–H and O–H groups in total. The van der Waals surface area contributed by atoms with E-state index in [0.717, 1.165) is 31.9 Å². The minimum Gasteiger partial charge on any atom is -0.379 e. The van der Waals surface area contributed by atoms with Crippen molar-refractivity contribution in [1.82, 2.24) is 10.2 Å². The summed E-state index contributed by atoms with van der Waals surface area (Å²) >= 11 is 0. The third-order valence-corrected chi connectivity index (χ3v) is 4.21. The summed E-state index contributed by atoms with van der Waals surface area (Å²) in [6.45, 7) is 8.36. The number of ether oxygens (including phenoxy) is 1. The summed E-state index contributed by atoms with van der Waals surface area (Å²) < 4.78 is 5.40. The highest BCUT2D eigenvalue weighted by atomic mass is 16.5. The monoisotopic (exact) mass is 305 g/mol. The Morgan fingerprint density at radius 1 is 1.27 bits per heavy atom. The lowest BCUT2D eigenvalue weighted by Crippen LogP contribution is -2.52. The van der Waals surface area contributed by atoms with Crippen molar-refractivity contribution < 1.29 is 9.53 Å². The lowest BCUT2D eigenvalue weighted by atomic mass is 10.0. The Bertz CT molecular complexity index is 458. The van der Waals surface area contributed by atoms with Gasteiger partial charge in [-0.25, -0.2) is 0 Å². The number of carbonyl (C=O) groups excluding carboxylic acids is 1. The van der Waals surface area contributed by atoms with Gasteiger partial charge >= 0.3 is 0 Å². The van der Waals surface area contributed by atoms with Gasteiger partial charge in [-0.05, 0) is 11.5 Å². The van der Waals surface area contributed by atoms with Gasteiger partial charge in [0.15, 0.2) is 0 Å². The molecule has 0 radical (unpaired) electrons. The maximum absolute atomic E-state index is 12.3. The van der Waals surface area contributed by atoms with Gasteiger partial charge in [0.1, 0.15) is 6.04 Å². The first-order chi connectivity index (χ1) is 10.6. The molecular formula is C17H27N3O2. The first-order valence-electron chi connectivity index (χ1n) is 7.99. The van der Waals surface area contributed by atoms with Gasteiger partial charge in [0.2, 0.25) is 5.91 Å². The Hall–Kier alpha value is -1.43. The average molecular weight is 305 g/mol. The lowest BCUT2D eigenvalue weighted by Gasteiger charge is -2.37. The summed E-state index contributed by atoms with van der Waals surface area (Å²) in [6.07, 6.45) is 0. The molecule has 2 unspecified atom stereocenters. The highest BCUT2D eigenvalue weighted by Gasteiger charge is 2.25. The van der Waals surface area contributed by atoms with E-state index in [1.54, 1.807) is 0 Å². The second-order valence-corrected chi connectivity index (χ2v) is 6.09. The van der Waals surface area contributed by atoms with Crippen LogP contribution in [0.4, 0.5) is 0 Å². The number of amides is 1. The van der Waals surface area contributed by atoms with E-state index < -0.39 is 6.04 Å². The zero-order valence-electron chi connectivity index (χ0n) is 13.5. The van der Waals surface area contributed by atoms with Crippen molar-refractivity contribution in [3.05, 3.63) is 35.9 Å². The fraction of sp³-hybridized carbons (Fsp3) is 0.588. The van der Waals surface area contributed by atoms with Crippen LogP contribution in [0.25, 0.3) is 0 Å². The fourth-order valence-electron chi connectivity index (χ4n) is 2.82. The van der Waals surface area contributed by atoms with Crippen LogP contribution in [-0.4, -0.2) is 49.7 Å². The SMILES string of the molecule is CC(C)C(CNC(=O)C(N)c1ccccc1)N1CCOCC1. The van der Waals surface area contributed by atoms with Gasteiger partial charge in [-0.15, -0.1) is 0 Å². The van der Waals surface area contributed by atoms with Crippen LogP contribution in [0, 0.1) is 5.92 Å². The Kier molecular flexibility index (Phi) is 6.36. The molecule has 0 spiro atoms. The van der Waals surface area contributed by atoms with Crippen molar-refractivity contribution >= 4 is 5.91 Å². The number of nitrogens with zero attached hydrogens (tertiary/aromatic N) is 1. The van der Waals surface area contributed by atoms with Crippen molar-refractivity contribution in [2.24, 2.45) is 11.7 Å². The Morgan fingerprint density at radius 2 is 1.91 bits per heavy atom. The van der Waals surface area contributed by atoms with Crippen LogP contribution in [0.15, 0.2) is 30.3 Å². The normalized spacial score (nSPS) is 18.9. The highest BCUT2D eigenvalue weighted by molar-refractivity contribution is 5.82. The minimum absolute atomic E-state index is 0.120. The molecule has 1 heterocycles. The summed E-state index contributed by atoms with van der Waals surface area (Å²) in [5.74, 6) is 0.344. The molecule has 5 nitrogen and oxygen atoms in total. The quantitative estimate of drug-likeness (QED) is 0.827. The Balaban J connectivity index is 1.90. The first kappa shape index (κ1) is 16.9. The zero-order chi connectivity index (χ0) is 15.9. The van der Waals surface area contributed by atoms with E-state index >= 15 is 0 Å². The van der Waals surface area contributed by atoms with E-state index in [1.807, 2.05) is 30.3 Å². The number of nitrogens with one attached hydrogen (secondary N) is 1. The Morgan fingerprint density at radius 3 is 2.50 bits per heavy atom. The van der Waals surface area contributed by atoms with Gasteiger partial charge < -0.3 is 15.8 Å². The van der Waals surface area contributed by atoms with E-state index in [0.29, 0.717) is 18.5 Å². The molecule has 1 aromatic rings. The predicted octanol–water partition coefficient (Wildman–Crippen LogP) is 1.16. The Labute approximate surface area is 132 Å². The topological polar surface area (TPSA) is 67.6 Å². The minimum atomic E-state index is -0.612. The summed E-state index contributed by atoms with van der Waals surface area (Å²) in [5.41, 5.74) is 6.87. The average Bonchev–Trinajstić information content (AvgIpc) is 2.55. The van der Waals surface area contributed by atoms with Gasteiger partial charge in [0.25, 0.3) is 0 Å². The molecule has 0 saturated carbocycles. The van der Waals surface area contributed by atoms with Crippen LogP contribution >= 0.6 is 0 Å². The second-order valence-electron chi connectivity index (χ2n) is 6.09. The van der Waals surface area contributed by atoms with Crippen molar-refractivity contribution in [3.63, 3.8) is 0 Å².